The van der Waals surface area contributed by atoms with E-state index in [0.717, 1.165) is 70.1 Å². The molecule has 28 heavy (non-hydrogen) atoms. The van der Waals surface area contributed by atoms with Crippen LogP contribution in [0.3, 0.4) is 0 Å². The number of aliphatic imine (C=N–C) groups is 1. The van der Waals surface area contributed by atoms with Gasteiger partial charge in [-0.15, -0.1) is 10.2 Å². The van der Waals surface area contributed by atoms with Crippen LogP contribution >= 0.6 is 0 Å². The van der Waals surface area contributed by atoms with Crippen LogP contribution in [0.5, 0.6) is 0 Å². The molecular weight excluding hydrogens is 356 g/mol. The number of esters is 1. The zero-order valence-electron chi connectivity index (χ0n) is 18.3. The second-order valence-corrected chi connectivity index (χ2v) is 7.73. The van der Waals surface area contributed by atoms with Crippen molar-refractivity contribution in [3.8, 4) is 0 Å². The Morgan fingerprint density at radius 2 is 1.93 bits per heavy atom. The van der Waals surface area contributed by atoms with Gasteiger partial charge in [0.25, 0.3) is 0 Å². The number of carbonyl (C=O) groups is 1. The average Bonchev–Trinajstić information content (AvgIpc) is 3.06. The van der Waals surface area contributed by atoms with E-state index in [1.54, 1.807) is 6.33 Å². The van der Waals surface area contributed by atoms with Crippen LogP contribution in [0.15, 0.2) is 11.3 Å². The lowest BCUT2D eigenvalue weighted by atomic mass is 10.1. The summed E-state index contributed by atoms with van der Waals surface area (Å²) >= 11 is 0. The Hall–Kier alpha value is -2.12. The first kappa shape index (κ1) is 23.9. The molecule has 1 aromatic heterocycles. The monoisotopic (exact) mass is 394 g/mol. The topological polar surface area (TPSA) is 93.4 Å². The van der Waals surface area contributed by atoms with Crippen LogP contribution in [0.2, 0.25) is 0 Å². The van der Waals surface area contributed by atoms with Gasteiger partial charge in [-0.25, -0.2) is 0 Å². The first-order valence-corrected chi connectivity index (χ1v) is 10.5. The highest BCUT2D eigenvalue weighted by molar-refractivity contribution is 5.79. The lowest BCUT2D eigenvalue weighted by Crippen LogP contribution is -2.39. The average molecular weight is 395 g/mol. The van der Waals surface area contributed by atoms with Gasteiger partial charge >= 0.3 is 5.97 Å². The summed E-state index contributed by atoms with van der Waals surface area (Å²) in [5.41, 5.74) is -0.395. The molecule has 160 valence electrons. The standard InChI is InChI=1S/C20H38N6O2/c1-6-17-25-24-16-26(17)15-14-23-19(21-7-2)22-13-11-9-8-10-12-18(27)28-20(3,4)5/h16H,6-15H2,1-5H3,(H2,21,22,23). The van der Waals surface area contributed by atoms with Gasteiger partial charge in [0.15, 0.2) is 5.96 Å². The predicted molar refractivity (Wildman–Crippen MR) is 112 cm³/mol. The molecule has 8 nitrogen and oxygen atoms in total. The van der Waals surface area contributed by atoms with Crippen molar-refractivity contribution in [2.45, 2.75) is 85.3 Å². The van der Waals surface area contributed by atoms with Crippen LogP contribution in [-0.4, -0.2) is 51.9 Å². The van der Waals surface area contributed by atoms with Gasteiger partial charge in [-0.1, -0.05) is 19.8 Å². The predicted octanol–water partition coefficient (Wildman–Crippen LogP) is 2.69. The molecule has 0 saturated heterocycles. The van der Waals surface area contributed by atoms with Gasteiger partial charge in [0.1, 0.15) is 17.8 Å². The van der Waals surface area contributed by atoms with Gasteiger partial charge in [-0.05, 0) is 40.5 Å². The molecule has 0 aliphatic carbocycles. The van der Waals surface area contributed by atoms with Crippen LogP contribution in [-0.2, 0) is 22.5 Å². The highest BCUT2D eigenvalue weighted by Crippen LogP contribution is 2.11. The summed E-state index contributed by atoms with van der Waals surface area (Å²) < 4.78 is 7.37. The third kappa shape index (κ3) is 10.9. The fraction of sp³-hybridized carbons (Fsp3) is 0.800. The Morgan fingerprint density at radius 3 is 2.61 bits per heavy atom. The fourth-order valence-electron chi connectivity index (χ4n) is 2.69. The second kappa shape index (κ2) is 13.1. The van der Waals surface area contributed by atoms with Gasteiger partial charge < -0.3 is 19.9 Å². The molecule has 0 saturated carbocycles. The van der Waals surface area contributed by atoms with Gasteiger partial charge in [-0.3, -0.25) is 9.79 Å². The number of carbonyl (C=O) groups excluding carboxylic acids is 1. The maximum atomic E-state index is 11.7. The Morgan fingerprint density at radius 1 is 1.18 bits per heavy atom. The van der Waals surface area contributed by atoms with Crippen LogP contribution in [0.4, 0.5) is 0 Å². The molecule has 0 atom stereocenters. The van der Waals surface area contributed by atoms with Crippen LogP contribution in [0, 0.1) is 0 Å². The molecule has 0 aromatic carbocycles. The largest absolute Gasteiger partial charge is 0.460 e. The normalized spacial score (nSPS) is 12.1. The smallest absolute Gasteiger partial charge is 0.306 e. The number of aromatic nitrogens is 3. The van der Waals surface area contributed by atoms with Crippen molar-refractivity contribution >= 4 is 11.9 Å². The first-order valence-electron chi connectivity index (χ1n) is 10.5. The van der Waals surface area contributed by atoms with Crippen molar-refractivity contribution in [3.05, 3.63) is 12.2 Å². The summed E-state index contributed by atoms with van der Waals surface area (Å²) in [6.45, 7) is 13.0. The Bertz CT molecular complexity index is 592. The Kier molecular flexibility index (Phi) is 11.2. The summed E-state index contributed by atoms with van der Waals surface area (Å²) in [7, 11) is 0. The van der Waals surface area contributed by atoms with E-state index in [1.807, 2.05) is 20.8 Å². The van der Waals surface area contributed by atoms with E-state index in [-0.39, 0.29) is 5.97 Å². The highest BCUT2D eigenvalue weighted by Gasteiger charge is 2.15. The Labute approximate surface area is 169 Å². The van der Waals surface area contributed by atoms with Gasteiger partial charge in [0, 0.05) is 39.0 Å². The second-order valence-electron chi connectivity index (χ2n) is 7.73. The lowest BCUT2D eigenvalue weighted by molar-refractivity contribution is -0.154. The quantitative estimate of drug-likeness (QED) is 0.245. The van der Waals surface area contributed by atoms with Gasteiger partial charge in [-0.2, -0.15) is 0 Å². The summed E-state index contributed by atoms with van der Waals surface area (Å²) in [5, 5.41) is 14.7. The van der Waals surface area contributed by atoms with E-state index >= 15 is 0 Å². The number of aryl methyl sites for hydroxylation is 1. The fourth-order valence-corrected chi connectivity index (χ4v) is 2.69. The summed E-state index contributed by atoms with van der Waals surface area (Å²) in [6.07, 6.45) is 7.10. The summed E-state index contributed by atoms with van der Waals surface area (Å²) in [6, 6.07) is 0. The minimum Gasteiger partial charge on any atom is -0.460 e. The lowest BCUT2D eigenvalue weighted by Gasteiger charge is -2.19. The minimum atomic E-state index is -0.395. The van der Waals surface area contributed by atoms with Crippen molar-refractivity contribution in [1.82, 2.24) is 25.4 Å². The highest BCUT2D eigenvalue weighted by atomic mass is 16.6. The zero-order valence-corrected chi connectivity index (χ0v) is 18.3. The number of nitrogens with zero attached hydrogens (tertiary/aromatic N) is 4. The van der Waals surface area contributed by atoms with Crippen molar-refractivity contribution in [1.29, 1.82) is 0 Å². The molecule has 1 heterocycles. The molecular formula is C20H38N6O2. The van der Waals surface area contributed by atoms with Crippen LogP contribution < -0.4 is 10.6 Å². The van der Waals surface area contributed by atoms with Gasteiger partial charge in [0.05, 0.1) is 0 Å². The molecule has 8 heteroatoms. The van der Waals surface area contributed by atoms with E-state index in [0.29, 0.717) is 6.42 Å². The minimum absolute atomic E-state index is 0.108. The molecule has 1 aromatic rings. The van der Waals surface area contributed by atoms with E-state index in [2.05, 4.69) is 44.2 Å². The van der Waals surface area contributed by atoms with E-state index < -0.39 is 5.60 Å². The van der Waals surface area contributed by atoms with Crippen molar-refractivity contribution in [3.63, 3.8) is 0 Å². The number of hydrogen-bond donors (Lipinski definition) is 2. The number of ether oxygens (including phenoxy) is 1. The number of rotatable bonds is 12. The summed E-state index contributed by atoms with van der Waals surface area (Å²) in [5.74, 6) is 1.72. The zero-order chi connectivity index (χ0) is 20.8. The van der Waals surface area contributed by atoms with E-state index in [4.69, 9.17) is 4.74 Å². The first-order chi connectivity index (χ1) is 13.4. The van der Waals surface area contributed by atoms with Crippen LogP contribution in [0.1, 0.15) is 72.5 Å². The molecule has 0 spiro atoms. The molecule has 0 fully saturated rings. The van der Waals surface area contributed by atoms with Crippen molar-refractivity contribution in [2.24, 2.45) is 4.99 Å². The third-order valence-electron chi connectivity index (χ3n) is 3.98. The SMILES string of the molecule is CCNC(=NCCCCCCC(=O)OC(C)(C)C)NCCn1cnnc1CC. The number of hydrogen-bond acceptors (Lipinski definition) is 5. The number of nitrogens with one attached hydrogen (secondary N) is 2. The van der Waals surface area contributed by atoms with Gasteiger partial charge in [0.2, 0.25) is 0 Å². The molecule has 0 bridgehead atoms. The van der Waals surface area contributed by atoms with E-state index in [1.165, 1.54) is 0 Å². The van der Waals surface area contributed by atoms with Crippen LogP contribution in [0.25, 0.3) is 0 Å². The number of unbranched alkanes of at least 4 members (excludes halogenated alkanes) is 3. The van der Waals surface area contributed by atoms with Crippen molar-refractivity contribution in [2.75, 3.05) is 19.6 Å². The molecule has 0 amide bonds. The van der Waals surface area contributed by atoms with E-state index in [9.17, 15) is 4.79 Å². The molecule has 1 rings (SSSR count). The maximum absolute atomic E-state index is 11.7. The third-order valence-corrected chi connectivity index (χ3v) is 3.98. The number of guanidine groups is 1. The molecule has 0 unspecified atom stereocenters. The maximum Gasteiger partial charge on any atom is 0.306 e. The summed E-state index contributed by atoms with van der Waals surface area (Å²) in [4.78, 5) is 16.3. The van der Waals surface area contributed by atoms with Crippen molar-refractivity contribution < 1.29 is 9.53 Å². The molecule has 0 aliphatic rings. The molecule has 0 aliphatic heterocycles. The molecule has 2 N–H and O–H groups in total. The Balaban J connectivity index is 2.19. The molecule has 0 radical (unpaired) electrons.